The minimum Gasteiger partial charge on any atom is -0.454 e. The normalized spacial score (nSPS) is 11.6. The quantitative estimate of drug-likeness (QED) is 0.584. The summed E-state index contributed by atoms with van der Waals surface area (Å²) in [7, 11) is 0. The summed E-state index contributed by atoms with van der Waals surface area (Å²) in [6.07, 6.45) is -1.15. The minimum absolute atomic E-state index is 0.0701. The van der Waals surface area contributed by atoms with E-state index in [1.807, 2.05) is 0 Å². The van der Waals surface area contributed by atoms with E-state index in [0.29, 0.717) is 15.7 Å². The number of amides is 1. The fraction of sp³-hybridized carbons (Fsp3) is 0.312. The van der Waals surface area contributed by atoms with Crippen LogP contribution in [-0.4, -0.2) is 34.0 Å². The molecule has 0 spiro atoms. The van der Waals surface area contributed by atoms with Crippen molar-refractivity contribution in [3.63, 3.8) is 0 Å². The van der Waals surface area contributed by atoms with Crippen molar-refractivity contribution >= 4 is 45.7 Å². The largest absolute Gasteiger partial charge is 0.454 e. The lowest BCUT2D eigenvalue weighted by atomic mass is 10.1. The van der Waals surface area contributed by atoms with Gasteiger partial charge in [0.15, 0.2) is 6.10 Å². The summed E-state index contributed by atoms with van der Waals surface area (Å²) >= 11 is 7.01. The molecule has 1 amide bonds. The number of aromatic nitrogens is 2. The van der Waals surface area contributed by atoms with Crippen LogP contribution >= 0.6 is 22.9 Å². The van der Waals surface area contributed by atoms with Gasteiger partial charge in [0.05, 0.1) is 6.42 Å². The maximum atomic E-state index is 12.2. The van der Waals surface area contributed by atoms with Gasteiger partial charge in [-0.05, 0) is 38.1 Å². The Balaban J connectivity index is 1.78. The van der Waals surface area contributed by atoms with Crippen molar-refractivity contribution in [1.82, 2.24) is 10.2 Å². The van der Waals surface area contributed by atoms with Gasteiger partial charge in [-0.1, -0.05) is 22.9 Å². The van der Waals surface area contributed by atoms with Crippen LogP contribution < -0.4 is 5.32 Å². The second-order valence-electron chi connectivity index (χ2n) is 5.18. The number of rotatable bonds is 7. The van der Waals surface area contributed by atoms with E-state index in [0.717, 1.165) is 5.01 Å². The summed E-state index contributed by atoms with van der Waals surface area (Å²) in [6, 6.07) is 6.30. The van der Waals surface area contributed by atoms with Crippen LogP contribution in [0.4, 0.5) is 5.13 Å². The lowest BCUT2D eigenvalue weighted by Crippen LogP contribution is -2.25. The third kappa shape index (κ3) is 5.91. The van der Waals surface area contributed by atoms with E-state index >= 15 is 0 Å². The monoisotopic (exact) mass is 381 g/mol. The lowest BCUT2D eigenvalue weighted by Gasteiger charge is -2.12. The molecule has 0 bridgehead atoms. The van der Waals surface area contributed by atoms with Crippen molar-refractivity contribution in [2.24, 2.45) is 0 Å². The molecule has 7 nitrogen and oxygen atoms in total. The number of carbonyl (C=O) groups excluding carboxylic acids is 3. The average Bonchev–Trinajstić information content (AvgIpc) is 2.98. The molecule has 132 valence electrons. The van der Waals surface area contributed by atoms with Crippen molar-refractivity contribution in [2.75, 3.05) is 5.32 Å². The molecule has 2 rings (SSSR count). The summed E-state index contributed by atoms with van der Waals surface area (Å²) in [6.45, 7) is 3.25. The molecule has 1 atom stereocenters. The number of hydrogen-bond donors (Lipinski definition) is 1. The van der Waals surface area contributed by atoms with Crippen molar-refractivity contribution in [1.29, 1.82) is 0 Å². The Hall–Kier alpha value is -2.32. The first-order chi connectivity index (χ1) is 11.8. The Morgan fingerprint density at radius 3 is 2.48 bits per heavy atom. The highest BCUT2D eigenvalue weighted by atomic mass is 35.5. The number of halogens is 1. The van der Waals surface area contributed by atoms with Crippen LogP contribution in [0.2, 0.25) is 5.02 Å². The molecule has 25 heavy (non-hydrogen) atoms. The van der Waals surface area contributed by atoms with Gasteiger partial charge < -0.3 is 10.1 Å². The molecule has 1 heterocycles. The van der Waals surface area contributed by atoms with Crippen molar-refractivity contribution < 1.29 is 19.1 Å². The van der Waals surface area contributed by atoms with Crippen LogP contribution in [0.5, 0.6) is 0 Å². The molecule has 0 aliphatic carbocycles. The van der Waals surface area contributed by atoms with E-state index in [1.165, 1.54) is 18.3 Å². The van der Waals surface area contributed by atoms with Gasteiger partial charge in [0, 0.05) is 17.0 Å². The van der Waals surface area contributed by atoms with E-state index in [4.69, 9.17) is 16.3 Å². The van der Waals surface area contributed by atoms with Gasteiger partial charge in [0.1, 0.15) is 5.01 Å². The first-order valence-corrected chi connectivity index (χ1v) is 8.64. The van der Waals surface area contributed by atoms with Gasteiger partial charge in [-0.15, -0.1) is 10.2 Å². The summed E-state index contributed by atoms with van der Waals surface area (Å²) < 4.78 is 5.07. The van der Waals surface area contributed by atoms with E-state index < -0.39 is 12.1 Å². The zero-order valence-electron chi connectivity index (χ0n) is 13.6. The number of esters is 1. The predicted molar refractivity (Wildman–Crippen MR) is 93.8 cm³/mol. The first-order valence-electron chi connectivity index (χ1n) is 7.44. The molecule has 1 aromatic carbocycles. The van der Waals surface area contributed by atoms with Gasteiger partial charge in [-0.3, -0.25) is 14.4 Å². The van der Waals surface area contributed by atoms with Crippen LogP contribution in [-0.2, 0) is 14.3 Å². The number of nitrogens with zero attached hydrogens (tertiary/aromatic N) is 2. The molecule has 2 aromatic rings. The van der Waals surface area contributed by atoms with Gasteiger partial charge in [-0.2, -0.15) is 0 Å². The van der Waals surface area contributed by atoms with Gasteiger partial charge in [0.25, 0.3) is 0 Å². The van der Waals surface area contributed by atoms with E-state index in [2.05, 4.69) is 15.5 Å². The highest BCUT2D eigenvalue weighted by molar-refractivity contribution is 7.15. The minimum atomic E-state index is -0.942. The average molecular weight is 382 g/mol. The van der Waals surface area contributed by atoms with Gasteiger partial charge in [0.2, 0.25) is 16.8 Å². The Labute approximate surface area is 153 Å². The number of nitrogens with one attached hydrogen (secondary N) is 1. The Bertz CT molecular complexity index is 776. The standard InChI is InChI=1S/C16H16ClN3O4S/c1-9(15(23)11-3-5-12(17)6-4-11)24-14(22)8-7-13(21)18-16-20-19-10(2)25-16/h3-6,9H,7-8H2,1-2H3,(H,18,20,21)/t9-/m1/s1. The zero-order valence-corrected chi connectivity index (χ0v) is 15.2. The number of carbonyl (C=O) groups is 3. The van der Waals surface area contributed by atoms with Crippen molar-refractivity contribution in [3.8, 4) is 0 Å². The number of ketones is 1. The van der Waals surface area contributed by atoms with Crippen molar-refractivity contribution in [2.45, 2.75) is 32.8 Å². The number of benzene rings is 1. The van der Waals surface area contributed by atoms with Gasteiger partial charge in [-0.25, -0.2) is 0 Å². The SMILES string of the molecule is Cc1nnc(NC(=O)CCC(=O)O[C@H](C)C(=O)c2ccc(Cl)cc2)s1. The van der Waals surface area contributed by atoms with E-state index in [1.54, 1.807) is 31.2 Å². The predicted octanol–water partition coefficient (Wildman–Crippen LogP) is 3.03. The van der Waals surface area contributed by atoms with Crippen molar-refractivity contribution in [3.05, 3.63) is 39.9 Å². The molecule has 0 aliphatic rings. The number of anilines is 1. The fourth-order valence-electron chi connectivity index (χ4n) is 1.90. The molecule has 1 N–H and O–H groups in total. The summed E-state index contributed by atoms with van der Waals surface area (Å²) in [4.78, 5) is 35.7. The first kappa shape index (κ1) is 19.0. The third-order valence-corrected chi connectivity index (χ3v) is 4.14. The third-order valence-electron chi connectivity index (χ3n) is 3.13. The van der Waals surface area contributed by atoms with Gasteiger partial charge >= 0.3 is 5.97 Å². The molecular weight excluding hydrogens is 366 g/mol. The number of ether oxygens (including phenoxy) is 1. The van der Waals surface area contributed by atoms with Crippen LogP contribution in [0.3, 0.4) is 0 Å². The number of hydrogen-bond acceptors (Lipinski definition) is 7. The molecule has 1 aromatic heterocycles. The Morgan fingerprint density at radius 2 is 1.88 bits per heavy atom. The van der Waals surface area contributed by atoms with Crippen LogP contribution in [0, 0.1) is 6.92 Å². The second-order valence-corrected chi connectivity index (χ2v) is 6.80. The van der Waals surface area contributed by atoms with Crippen LogP contribution in [0.15, 0.2) is 24.3 Å². The lowest BCUT2D eigenvalue weighted by molar-refractivity contribution is -0.147. The molecule has 0 radical (unpaired) electrons. The zero-order chi connectivity index (χ0) is 18.4. The number of aryl methyl sites for hydroxylation is 1. The molecule has 0 fully saturated rings. The molecular formula is C16H16ClN3O4S. The summed E-state index contributed by atoms with van der Waals surface area (Å²) in [5.74, 6) is -1.33. The van der Waals surface area contributed by atoms with E-state index in [-0.39, 0.29) is 24.5 Å². The molecule has 9 heteroatoms. The van der Waals surface area contributed by atoms with Crippen LogP contribution in [0.25, 0.3) is 0 Å². The highest BCUT2D eigenvalue weighted by Crippen LogP contribution is 2.15. The topological polar surface area (TPSA) is 98.2 Å². The maximum absolute atomic E-state index is 12.2. The maximum Gasteiger partial charge on any atom is 0.307 e. The fourth-order valence-corrected chi connectivity index (χ4v) is 2.64. The number of Topliss-reactive ketones (excluding diaryl/α,β-unsaturated/α-hetero) is 1. The molecule has 0 aliphatic heterocycles. The summed E-state index contributed by atoms with van der Waals surface area (Å²) in [5.41, 5.74) is 0.397. The highest BCUT2D eigenvalue weighted by Gasteiger charge is 2.20. The smallest absolute Gasteiger partial charge is 0.307 e. The molecule has 0 saturated carbocycles. The summed E-state index contributed by atoms with van der Waals surface area (Å²) in [5, 5.41) is 11.7. The van der Waals surface area contributed by atoms with Crippen LogP contribution in [0.1, 0.15) is 35.1 Å². The van der Waals surface area contributed by atoms with E-state index in [9.17, 15) is 14.4 Å². The molecule has 0 unspecified atom stereocenters. The molecule has 0 saturated heterocycles. The second kappa shape index (κ2) is 8.68. The Morgan fingerprint density at radius 1 is 1.20 bits per heavy atom. The Kier molecular flexibility index (Phi) is 6.60.